The molecule has 3 heterocycles. The highest BCUT2D eigenvalue weighted by atomic mass is 16.4. The SMILES string of the molecule is O=C(Cn1cc(-c2nnc(-c3ccco3)o2)c2ccccc21)NC1CCCCC1. The van der Waals surface area contributed by atoms with E-state index >= 15 is 0 Å². The van der Waals surface area contributed by atoms with Crippen molar-refractivity contribution in [1.29, 1.82) is 0 Å². The molecule has 0 atom stereocenters. The van der Waals surface area contributed by atoms with Crippen molar-refractivity contribution < 1.29 is 13.6 Å². The van der Waals surface area contributed by atoms with Crippen LogP contribution in [0.4, 0.5) is 0 Å². The van der Waals surface area contributed by atoms with Crippen LogP contribution in [0.2, 0.25) is 0 Å². The molecule has 0 unspecified atom stereocenters. The first kappa shape index (κ1) is 17.7. The summed E-state index contributed by atoms with van der Waals surface area (Å²) in [5.74, 6) is 1.29. The maximum Gasteiger partial charge on any atom is 0.283 e. The molecule has 1 aliphatic carbocycles. The first-order chi connectivity index (χ1) is 14.3. The number of nitrogens with zero attached hydrogens (tertiary/aromatic N) is 3. The average Bonchev–Trinajstić information content (AvgIpc) is 3.49. The summed E-state index contributed by atoms with van der Waals surface area (Å²) >= 11 is 0. The first-order valence-electron chi connectivity index (χ1n) is 10.0. The van der Waals surface area contributed by atoms with Gasteiger partial charge in [-0.15, -0.1) is 10.2 Å². The number of hydrogen-bond donors (Lipinski definition) is 1. The molecule has 3 aromatic heterocycles. The Morgan fingerprint density at radius 1 is 1.07 bits per heavy atom. The van der Waals surface area contributed by atoms with Gasteiger partial charge in [-0.05, 0) is 31.0 Å². The Bertz CT molecular complexity index is 1120. The Morgan fingerprint density at radius 2 is 1.90 bits per heavy atom. The lowest BCUT2D eigenvalue weighted by atomic mass is 9.95. The van der Waals surface area contributed by atoms with E-state index in [0.29, 0.717) is 23.6 Å². The number of amides is 1. The van der Waals surface area contributed by atoms with Crippen molar-refractivity contribution in [2.75, 3.05) is 0 Å². The highest BCUT2D eigenvalue weighted by Gasteiger charge is 2.20. The summed E-state index contributed by atoms with van der Waals surface area (Å²) in [6.07, 6.45) is 9.26. The molecule has 1 aliphatic rings. The maximum absolute atomic E-state index is 12.6. The molecule has 0 radical (unpaired) electrons. The van der Waals surface area contributed by atoms with Gasteiger partial charge in [0, 0.05) is 23.1 Å². The Balaban J connectivity index is 1.43. The van der Waals surface area contributed by atoms with Crippen LogP contribution in [0.3, 0.4) is 0 Å². The van der Waals surface area contributed by atoms with Gasteiger partial charge >= 0.3 is 0 Å². The predicted molar refractivity (Wildman–Crippen MR) is 108 cm³/mol. The Hall–Kier alpha value is -3.35. The molecule has 7 heteroatoms. The lowest BCUT2D eigenvalue weighted by molar-refractivity contribution is -0.122. The molecule has 1 amide bonds. The van der Waals surface area contributed by atoms with Crippen LogP contribution < -0.4 is 5.32 Å². The van der Waals surface area contributed by atoms with Crippen LogP contribution in [0.1, 0.15) is 32.1 Å². The number of aromatic nitrogens is 3. The summed E-state index contributed by atoms with van der Waals surface area (Å²) in [5.41, 5.74) is 1.76. The molecule has 0 saturated heterocycles. The Labute approximate surface area is 167 Å². The van der Waals surface area contributed by atoms with E-state index in [-0.39, 0.29) is 12.5 Å². The number of benzene rings is 1. The van der Waals surface area contributed by atoms with Crippen molar-refractivity contribution in [2.24, 2.45) is 0 Å². The lowest BCUT2D eigenvalue weighted by Crippen LogP contribution is -2.38. The maximum atomic E-state index is 12.6. The topological polar surface area (TPSA) is 86.1 Å². The zero-order valence-electron chi connectivity index (χ0n) is 16.0. The van der Waals surface area contributed by atoms with Crippen molar-refractivity contribution in [3.63, 3.8) is 0 Å². The van der Waals surface area contributed by atoms with Crippen molar-refractivity contribution >= 4 is 16.8 Å². The summed E-state index contributed by atoms with van der Waals surface area (Å²) in [6, 6.07) is 11.8. The van der Waals surface area contributed by atoms with Crippen molar-refractivity contribution in [3.05, 3.63) is 48.9 Å². The predicted octanol–water partition coefficient (Wildman–Crippen LogP) is 4.40. The van der Waals surface area contributed by atoms with Crippen LogP contribution in [-0.4, -0.2) is 26.7 Å². The summed E-state index contributed by atoms with van der Waals surface area (Å²) in [5, 5.41) is 12.4. The molecular weight excluding hydrogens is 368 g/mol. The standard InChI is InChI=1S/C22H22N4O3/c27-20(23-15-7-2-1-3-8-15)14-26-13-17(16-9-4-5-10-18(16)26)21-24-25-22(29-21)19-11-6-12-28-19/h4-6,9-13,15H,1-3,7-8,14H2,(H,23,27). The first-order valence-corrected chi connectivity index (χ1v) is 10.0. The zero-order chi connectivity index (χ0) is 19.6. The van der Waals surface area contributed by atoms with E-state index in [1.807, 2.05) is 35.0 Å². The number of furan rings is 1. The third-order valence-electron chi connectivity index (χ3n) is 5.46. The molecule has 5 rings (SSSR count). The zero-order valence-corrected chi connectivity index (χ0v) is 16.0. The van der Waals surface area contributed by atoms with Gasteiger partial charge in [0.15, 0.2) is 5.76 Å². The molecule has 29 heavy (non-hydrogen) atoms. The number of fused-ring (bicyclic) bond motifs is 1. The number of para-hydroxylation sites is 1. The van der Waals surface area contributed by atoms with Gasteiger partial charge in [0.1, 0.15) is 6.54 Å². The second-order valence-corrected chi connectivity index (χ2v) is 7.48. The van der Waals surface area contributed by atoms with Crippen LogP contribution in [0, 0.1) is 0 Å². The third-order valence-corrected chi connectivity index (χ3v) is 5.46. The number of carbonyl (C=O) groups excluding carboxylic acids is 1. The number of hydrogen-bond acceptors (Lipinski definition) is 5. The van der Waals surface area contributed by atoms with E-state index in [4.69, 9.17) is 8.83 Å². The number of rotatable bonds is 5. The van der Waals surface area contributed by atoms with Gasteiger partial charge in [0.2, 0.25) is 11.8 Å². The smallest absolute Gasteiger partial charge is 0.283 e. The molecule has 0 aliphatic heterocycles. The van der Waals surface area contributed by atoms with E-state index < -0.39 is 0 Å². The number of nitrogens with one attached hydrogen (secondary N) is 1. The fourth-order valence-corrected chi connectivity index (χ4v) is 4.05. The minimum Gasteiger partial charge on any atom is -0.459 e. The van der Waals surface area contributed by atoms with Crippen LogP contribution in [-0.2, 0) is 11.3 Å². The average molecular weight is 390 g/mol. The molecule has 0 bridgehead atoms. The lowest BCUT2D eigenvalue weighted by Gasteiger charge is -2.22. The van der Waals surface area contributed by atoms with Crippen molar-refractivity contribution in [3.8, 4) is 23.1 Å². The van der Waals surface area contributed by atoms with Gasteiger partial charge in [-0.3, -0.25) is 4.79 Å². The largest absolute Gasteiger partial charge is 0.459 e. The van der Waals surface area contributed by atoms with Gasteiger partial charge in [0.05, 0.1) is 11.8 Å². The fraction of sp³-hybridized carbons (Fsp3) is 0.318. The molecule has 4 aromatic rings. The molecule has 0 spiro atoms. The van der Waals surface area contributed by atoms with E-state index in [1.165, 1.54) is 19.3 Å². The Kier molecular flexibility index (Phi) is 4.63. The van der Waals surface area contributed by atoms with E-state index in [1.54, 1.807) is 18.4 Å². The molecule has 148 valence electrons. The van der Waals surface area contributed by atoms with E-state index in [9.17, 15) is 4.79 Å². The van der Waals surface area contributed by atoms with Gasteiger partial charge in [-0.25, -0.2) is 0 Å². The van der Waals surface area contributed by atoms with Crippen LogP contribution in [0.25, 0.3) is 34.0 Å². The minimum atomic E-state index is 0.0333. The molecule has 1 saturated carbocycles. The van der Waals surface area contributed by atoms with Gasteiger partial charge in [-0.1, -0.05) is 37.5 Å². The van der Waals surface area contributed by atoms with Gasteiger partial charge < -0.3 is 18.7 Å². The monoisotopic (exact) mass is 390 g/mol. The van der Waals surface area contributed by atoms with E-state index in [0.717, 1.165) is 29.3 Å². The minimum absolute atomic E-state index is 0.0333. The van der Waals surface area contributed by atoms with E-state index in [2.05, 4.69) is 15.5 Å². The molecule has 1 aromatic carbocycles. The van der Waals surface area contributed by atoms with Gasteiger partial charge in [-0.2, -0.15) is 0 Å². The summed E-state index contributed by atoms with van der Waals surface area (Å²) in [7, 11) is 0. The van der Waals surface area contributed by atoms with Crippen LogP contribution >= 0.6 is 0 Å². The van der Waals surface area contributed by atoms with Crippen LogP contribution in [0.5, 0.6) is 0 Å². The summed E-state index contributed by atoms with van der Waals surface area (Å²) < 4.78 is 13.1. The third kappa shape index (κ3) is 3.55. The van der Waals surface area contributed by atoms with Crippen molar-refractivity contribution in [1.82, 2.24) is 20.1 Å². The quantitative estimate of drug-likeness (QED) is 0.546. The normalized spacial score (nSPS) is 15.0. The van der Waals surface area contributed by atoms with Gasteiger partial charge in [0.25, 0.3) is 5.89 Å². The van der Waals surface area contributed by atoms with Crippen LogP contribution in [0.15, 0.2) is 57.7 Å². The molecular formula is C22H22N4O3. The highest BCUT2D eigenvalue weighted by Crippen LogP contribution is 2.31. The second kappa shape index (κ2) is 7.58. The number of carbonyl (C=O) groups is 1. The second-order valence-electron chi connectivity index (χ2n) is 7.48. The summed E-state index contributed by atoms with van der Waals surface area (Å²) in [6.45, 7) is 0.260. The molecule has 1 N–H and O–H groups in total. The molecule has 1 fully saturated rings. The summed E-state index contributed by atoms with van der Waals surface area (Å²) in [4.78, 5) is 12.6. The highest BCUT2D eigenvalue weighted by molar-refractivity contribution is 5.95. The van der Waals surface area contributed by atoms with Crippen molar-refractivity contribution in [2.45, 2.75) is 44.7 Å². The fourth-order valence-electron chi connectivity index (χ4n) is 4.05. The Morgan fingerprint density at radius 3 is 2.72 bits per heavy atom. The molecule has 7 nitrogen and oxygen atoms in total.